The van der Waals surface area contributed by atoms with Crippen LogP contribution in [0.25, 0.3) is 17.2 Å². The number of nitriles is 1. The zero-order valence-corrected chi connectivity index (χ0v) is 14.7. The van der Waals surface area contributed by atoms with E-state index >= 15 is 0 Å². The number of hydrogen-bond acceptors (Lipinski definition) is 6. The van der Waals surface area contributed by atoms with Crippen LogP contribution in [0.4, 0.5) is 15.0 Å². The summed E-state index contributed by atoms with van der Waals surface area (Å²) in [5.74, 6) is 0.202. The highest BCUT2D eigenvalue weighted by Gasteiger charge is 2.24. The summed E-state index contributed by atoms with van der Waals surface area (Å²) in [6.45, 7) is 0.830. The van der Waals surface area contributed by atoms with Crippen LogP contribution in [0, 0.1) is 17.1 Å². The van der Waals surface area contributed by atoms with Crippen LogP contribution in [0.2, 0.25) is 0 Å². The van der Waals surface area contributed by atoms with Crippen molar-refractivity contribution in [2.45, 2.75) is 18.9 Å². The summed E-state index contributed by atoms with van der Waals surface area (Å²) in [6.07, 6.45) is 3.35. The molecule has 1 unspecified atom stereocenters. The van der Waals surface area contributed by atoms with Crippen LogP contribution in [-0.2, 0) is 0 Å². The Morgan fingerprint density at radius 3 is 3.04 bits per heavy atom. The molecule has 1 amide bonds. The van der Waals surface area contributed by atoms with E-state index in [1.807, 2.05) is 6.07 Å². The molecule has 4 rings (SSSR count). The predicted octanol–water partition coefficient (Wildman–Crippen LogP) is 2.36. The average Bonchev–Trinajstić information content (AvgIpc) is 3.11. The van der Waals surface area contributed by atoms with Gasteiger partial charge in [-0.1, -0.05) is 0 Å². The molecule has 0 spiro atoms. The summed E-state index contributed by atoms with van der Waals surface area (Å²) in [6, 6.07) is 6.22. The Labute approximate surface area is 159 Å². The Morgan fingerprint density at radius 2 is 2.25 bits per heavy atom. The minimum atomic E-state index is -0.958. The smallest absolute Gasteiger partial charge is 0.407 e. The van der Waals surface area contributed by atoms with Gasteiger partial charge in [0.25, 0.3) is 0 Å². The van der Waals surface area contributed by atoms with Gasteiger partial charge in [0.05, 0.1) is 6.20 Å². The summed E-state index contributed by atoms with van der Waals surface area (Å²) in [4.78, 5) is 25.4. The van der Waals surface area contributed by atoms with Crippen molar-refractivity contribution in [1.29, 1.82) is 5.26 Å². The molecular weight excluding hydrogens is 365 g/mol. The third kappa shape index (κ3) is 3.42. The van der Waals surface area contributed by atoms with E-state index in [0.29, 0.717) is 30.2 Å². The van der Waals surface area contributed by atoms with E-state index in [2.05, 4.69) is 20.3 Å². The summed E-state index contributed by atoms with van der Waals surface area (Å²) < 4.78 is 15.2. The number of nitrogens with one attached hydrogen (secondary N) is 1. The van der Waals surface area contributed by atoms with Gasteiger partial charge in [-0.2, -0.15) is 5.26 Å². The maximum absolute atomic E-state index is 13.6. The highest BCUT2D eigenvalue weighted by atomic mass is 19.1. The number of piperidine rings is 1. The fourth-order valence-electron chi connectivity index (χ4n) is 3.29. The molecule has 3 aromatic heterocycles. The topological polar surface area (TPSA) is 119 Å². The zero-order valence-electron chi connectivity index (χ0n) is 14.7. The van der Waals surface area contributed by atoms with Gasteiger partial charge in [0.1, 0.15) is 34.7 Å². The summed E-state index contributed by atoms with van der Waals surface area (Å²) in [5.41, 5.74) is 1.12. The highest BCUT2D eigenvalue weighted by Crippen LogP contribution is 2.22. The lowest BCUT2D eigenvalue weighted by atomic mass is 10.1. The van der Waals surface area contributed by atoms with Gasteiger partial charge < -0.3 is 15.3 Å². The largest absolute Gasteiger partial charge is 0.465 e. The molecule has 0 saturated carbocycles. The van der Waals surface area contributed by atoms with Gasteiger partial charge in [0.15, 0.2) is 5.82 Å². The SMILES string of the molecule is N#Cc1cc(NC2CCCN(C(=O)O)C2)nc(-c2cnc3ccc(F)cn23)n1. The van der Waals surface area contributed by atoms with Crippen molar-refractivity contribution >= 4 is 17.6 Å². The molecule has 142 valence electrons. The number of rotatable bonds is 3. The average molecular weight is 381 g/mol. The van der Waals surface area contributed by atoms with Crippen LogP contribution in [-0.4, -0.2) is 54.6 Å². The molecule has 9 nitrogen and oxygen atoms in total. The number of anilines is 1. The fourth-order valence-corrected chi connectivity index (χ4v) is 3.29. The number of pyridine rings is 1. The molecule has 0 aliphatic carbocycles. The minimum absolute atomic E-state index is 0.126. The van der Waals surface area contributed by atoms with E-state index in [1.54, 1.807) is 0 Å². The molecule has 28 heavy (non-hydrogen) atoms. The van der Waals surface area contributed by atoms with E-state index in [0.717, 1.165) is 12.8 Å². The van der Waals surface area contributed by atoms with Crippen molar-refractivity contribution < 1.29 is 14.3 Å². The van der Waals surface area contributed by atoms with Crippen molar-refractivity contribution in [2.75, 3.05) is 18.4 Å². The third-order valence-electron chi connectivity index (χ3n) is 4.58. The van der Waals surface area contributed by atoms with Crippen LogP contribution in [0.5, 0.6) is 0 Å². The number of aromatic nitrogens is 4. The Morgan fingerprint density at radius 1 is 1.39 bits per heavy atom. The maximum Gasteiger partial charge on any atom is 0.407 e. The van der Waals surface area contributed by atoms with Crippen LogP contribution >= 0.6 is 0 Å². The molecule has 0 bridgehead atoms. The van der Waals surface area contributed by atoms with Crippen LogP contribution in [0.1, 0.15) is 18.5 Å². The normalized spacial score (nSPS) is 16.7. The Bertz CT molecular complexity index is 1090. The summed E-state index contributed by atoms with van der Waals surface area (Å²) >= 11 is 0. The van der Waals surface area contributed by atoms with Crippen molar-refractivity contribution in [3.63, 3.8) is 0 Å². The van der Waals surface area contributed by atoms with Gasteiger partial charge in [0.2, 0.25) is 0 Å². The van der Waals surface area contributed by atoms with Crippen molar-refractivity contribution in [1.82, 2.24) is 24.3 Å². The van der Waals surface area contributed by atoms with Gasteiger partial charge in [-0.15, -0.1) is 0 Å². The van der Waals surface area contributed by atoms with Crippen LogP contribution in [0.3, 0.4) is 0 Å². The summed E-state index contributed by atoms with van der Waals surface area (Å²) in [7, 11) is 0. The van der Waals surface area contributed by atoms with Gasteiger partial charge in [-0.3, -0.25) is 4.40 Å². The van der Waals surface area contributed by atoms with E-state index in [-0.39, 0.29) is 17.6 Å². The first-order chi connectivity index (χ1) is 13.5. The molecule has 1 aliphatic rings. The van der Waals surface area contributed by atoms with Crippen LogP contribution in [0.15, 0.2) is 30.6 Å². The molecule has 1 fully saturated rings. The lowest BCUT2D eigenvalue weighted by Crippen LogP contribution is -2.44. The number of carbonyl (C=O) groups is 1. The molecule has 1 aliphatic heterocycles. The fraction of sp³-hybridized carbons (Fsp3) is 0.278. The zero-order chi connectivity index (χ0) is 19.7. The molecule has 2 N–H and O–H groups in total. The molecular formula is C18H16FN7O2. The number of likely N-dealkylation sites (tertiary alicyclic amines) is 1. The first kappa shape index (κ1) is 17.7. The number of hydrogen-bond donors (Lipinski definition) is 2. The van der Waals surface area contributed by atoms with Crippen molar-refractivity contribution in [3.05, 3.63) is 42.1 Å². The number of nitrogens with zero attached hydrogens (tertiary/aromatic N) is 6. The lowest BCUT2D eigenvalue weighted by molar-refractivity contribution is 0.133. The molecule has 3 aromatic rings. The Balaban J connectivity index is 1.67. The molecule has 1 saturated heterocycles. The molecule has 4 heterocycles. The lowest BCUT2D eigenvalue weighted by Gasteiger charge is -2.31. The van der Waals surface area contributed by atoms with E-state index < -0.39 is 11.9 Å². The first-order valence-electron chi connectivity index (χ1n) is 8.70. The molecule has 10 heteroatoms. The second-order valence-electron chi connectivity index (χ2n) is 6.50. The number of halogens is 1. The minimum Gasteiger partial charge on any atom is -0.465 e. The van der Waals surface area contributed by atoms with Gasteiger partial charge in [-0.25, -0.2) is 24.1 Å². The van der Waals surface area contributed by atoms with E-state index in [9.17, 15) is 19.6 Å². The standard InChI is InChI=1S/C18H16FN7O2/c19-11-3-4-16-21-8-14(26(16)9-11)17-23-13(7-20)6-15(24-17)22-12-2-1-5-25(10-12)18(27)28/h3-4,6,8-9,12H,1-2,5,10H2,(H,27,28)(H,22,23,24). The molecule has 0 aromatic carbocycles. The number of carboxylic acid groups (broad SMARTS) is 1. The second-order valence-corrected chi connectivity index (χ2v) is 6.50. The first-order valence-corrected chi connectivity index (χ1v) is 8.70. The predicted molar refractivity (Wildman–Crippen MR) is 97.1 cm³/mol. The van der Waals surface area contributed by atoms with Crippen molar-refractivity contribution in [2.24, 2.45) is 0 Å². The van der Waals surface area contributed by atoms with E-state index in [4.69, 9.17) is 0 Å². The van der Waals surface area contributed by atoms with Gasteiger partial charge in [0, 0.05) is 31.4 Å². The van der Waals surface area contributed by atoms with Gasteiger partial charge >= 0.3 is 6.09 Å². The molecule has 1 atom stereocenters. The quantitative estimate of drug-likeness (QED) is 0.714. The number of imidazole rings is 1. The second kappa shape index (κ2) is 7.11. The Kier molecular flexibility index (Phi) is 4.49. The monoisotopic (exact) mass is 381 g/mol. The third-order valence-corrected chi connectivity index (χ3v) is 4.58. The number of amides is 1. The maximum atomic E-state index is 13.6. The number of fused-ring (bicyclic) bond motifs is 1. The van der Waals surface area contributed by atoms with Crippen LogP contribution < -0.4 is 5.32 Å². The van der Waals surface area contributed by atoms with Crippen molar-refractivity contribution in [3.8, 4) is 17.6 Å². The van der Waals surface area contributed by atoms with E-state index in [1.165, 1.54) is 39.9 Å². The molecule has 0 radical (unpaired) electrons. The Hall–Kier alpha value is -3.74. The highest BCUT2D eigenvalue weighted by molar-refractivity contribution is 5.65. The van der Waals surface area contributed by atoms with Gasteiger partial charge in [-0.05, 0) is 25.0 Å². The summed E-state index contributed by atoms with van der Waals surface area (Å²) in [5, 5.41) is 21.7.